The van der Waals surface area contributed by atoms with Crippen LogP contribution >= 0.6 is 0 Å². The summed E-state index contributed by atoms with van der Waals surface area (Å²) >= 11 is 0. The molecule has 1 aromatic heterocycles. The highest BCUT2D eigenvalue weighted by Crippen LogP contribution is 2.28. The van der Waals surface area contributed by atoms with Crippen LogP contribution in [0, 0.1) is 23.2 Å². The maximum atomic E-state index is 11.8. The Hall–Kier alpha value is -2.38. The summed E-state index contributed by atoms with van der Waals surface area (Å²) in [6.45, 7) is 2.59. The average Bonchev–Trinajstić information content (AvgIpc) is 2.63. The van der Waals surface area contributed by atoms with Gasteiger partial charge >= 0.3 is 0 Å². The second-order valence-corrected chi connectivity index (χ2v) is 6.56. The standard InChI is InChI=1S/C20H23N3O/c21-14-19(13-16-5-2-1-3-6-16)17-8-11-23(12-9-17)15-18-7-4-10-22-20(18)24/h1-7,10,17,19H,8-9,11-13,15H2,(H,22,24). The zero-order chi connectivity index (χ0) is 16.8. The highest BCUT2D eigenvalue weighted by atomic mass is 16.1. The van der Waals surface area contributed by atoms with Gasteiger partial charge in [-0.1, -0.05) is 36.4 Å². The number of piperidine rings is 1. The van der Waals surface area contributed by atoms with E-state index >= 15 is 0 Å². The third-order valence-corrected chi connectivity index (χ3v) is 4.96. The van der Waals surface area contributed by atoms with Gasteiger partial charge in [0, 0.05) is 18.3 Å². The maximum Gasteiger partial charge on any atom is 0.252 e. The monoisotopic (exact) mass is 321 g/mol. The van der Waals surface area contributed by atoms with Crippen LogP contribution in [0.1, 0.15) is 24.0 Å². The van der Waals surface area contributed by atoms with Crippen LogP contribution in [0.2, 0.25) is 0 Å². The molecule has 4 nitrogen and oxygen atoms in total. The molecule has 1 atom stereocenters. The Morgan fingerprint density at radius 2 is 1.92 bits per heavy atom. The lowest BCUT2D eigenvalue weighted by Gasteiger charge is -2.33. The van der Waals surface area contributed by atoms with Crippen LogP contribution in [0.25, 0.3) is 0 Å². The van der Waals surface area contributed by atoms with E-state index in [2.05, 4.69) is 28.1 Å². The number of nitriles is 1. The first-order valence-electron chi connectivity index (χ1n) is 8.58. The van der Waals surface area contributed by atoms with Gasteiger partial charge < -0.3 is 4.98 Å². The summed E-state index contributed by atoms with van der Waals surface area (Å²) in [4.78, 5) is 16.8. The van der Waals surface area contributed by atoms with Crippen molar-refractivity contribution in [1.82, 2.24) is 9.88 Å². The Labute approximate surface area is 142 Å². The number of nitrogens with one attached hydrogen (secondary N) is 1. The molecule has 0 saturated carbocycles. The van der Waals surface area contributed by atoms with Gasteiger partial charge in [0.15, 0.2) is 0 Å². The van der Waals surface area contributed by atoms with Gasteiger partial charge in [-0.05, 0) is 49.9 Å². The molecule has 1 aromatic carbocycles. The first-order valence-corrected chi connectivity index (χ1v) is 8.58. The number of rotatable bonds is 5. The third kappa shape index (κ3) is 4.12. The van der Waals surface area contributed by atoms with Crippen molar-refractivity contribution in [2.24, 2.45) is 11.8 Å². The number of hydrogen-bond donors (Lipinski definition) is 1. The van der Waals surface area contributed by atoms with Crippen LogP contribution in [0.4, 0.5) is 0 Å². The van der Waals surface area contributed by atoms with Gasteiger partial charge in [0.1, 0.15) is 0 Å². The Balaban J connectivity index is 1.55. The van der Waals surface area contributed by atoms with Gasteiger partial charge in [-0.15, -0.1) is 0 Å². The smallest absolute Gasteiger partial charge is 0.252 e. The molecule has 4 heteroatoms. The van der Waals surface area contributed by atoms with E-state index in [9.17, 15) is 10.1 Å². The highest BCUT2D eigenvalue weighted by molar-refractivity contribution is 5.17. The summed E-state index contributed by atoms with van der Waals surface area (Å²) in [5.74, 6) is 0.523. The fourth-order valence-corrected chi connectivity index (χ4v) is 3.52. The van der Waals surface area contributed by atoms with Crippen LogP contribution in [-0.4, -0.2) is 23.0 Å². The second kappa shape index (κ2) is 7.94. The third-order valence-electron chi connectivity index (χ3n) is 4.96. The molecule has 1 N–H and O–H groups in total. The number of hydrogen-bond acceptors (Lipinski definition) is 3. The van der Waals surface area contributed by atoms with Crippen molar-refractivity contribution in [3.05, 3.63) is 70.1 Å². The summed E-state index contributed by atoms with van der Waals surface area (Å²) in [7, 11) is 0. The number of pyridine rings is 1. The number of benzene rings is 1. The van der Waals surface area contributed by atoms with Crippen molar-refractivity contribution in [3.8, 4) is 6.07 Å². The zero-order valence-corrected chi connectivity index (χ0v) is 13.8. The molecular weight excluding hydrogens is 298 g/mol. The molecule has 1 aliphatic heterocycles. The first-order chi connectivity index (χ1) is 11.8. The minimum absolute atomic E-state index is 0.00129. The number of H-pyrrole nitrogens is 1. The molecule has 0 radical (unpaired) electrons. The molecule has 0 bridgehead atoms. The molecule has 24 heavy (non-hydrogen) atoms. The van der Waals surface area contributed by atoms with E-state index < -0.39 is 0 Å². The molecule has 0 amide bonds. The summed E-state index contributed by atoms with van der Waals surface area (Å²) in [5.41, 5.74) is 2.05. The molecule has 2 heterocycles. The van der Waals surface area contributed by atoms with E-state index in [0.717, 1.165) is 37.9 Å². The topological polar surface area (TPSA) is 59.9 Å². The summed E-state index contributed by atoms with van der Waals surface area (Å²) in [6, 6.07) is 16.5. The quantitative estimate of drug-likeness (QED) is 0.921. The fraction of sp³-hybridized carbons (Fsp3) is 0.400. The van der Waals surface area contributed by atoms with E-state index in [1.54, 1.807) is 6.20 Å². The zero-order valence-electron chi connectivity index (χ0n) is 13.8. The van der Waals surface area contributed by atoms with Gasteiger partial charge in [-0.3, -0.25) is 9.69 Å². The summed E-state index contributed by atoms with van der Waals surface area (Å²) in [5, 5.41) is 9.57. The molecule has 2 aromatic rings. The molecule has 0 spiro atoms. The van der Waals surface area contributed by atoms with Gasteiger partial charge in [-0.2, -0.15) is 5.26 Å². The Morgan fingerprint density at radius 1 is 1.17 bits per heavy atom. The molecule has 1 aliphatic rings. The molecular formula is C20H23N3O. The van der Waals surface area contributed by atoms with Gasteiger partial charge in [0.2, 0.25) is 0 Å². The summed E-state index contributed by atoms with van der Waals surface area (Å²) < 4.78 is 0. The lowest BCUT2D eigenvalue weighted by Crippen LogP contribution is -2.37. The molecule has 3 rings (SSSR count). The second-order valence-electron chi connectivity index (χ2n) is 6.56. The predicted octanol–water partition coefficient (Wildman–Crippen LogP) is 2.97. The van der Waals surface area contributed by atoms with Crippen LogP contribution in [0.5, 0.6) is 0 Å². The molecule has 1 unspecified atom stereocenters. The van der Waals surface area contributed by atoms with Gasteiger partial charge in [0.05, 0.1) is 12.0 Å². The van der Waals surface area contributed by atoms with Crippen LogP contribution < -0.4 is 5.56 Å². The number of aromatic amines is 1. The van der Waals surface area contributed by atoms with E-state index in [-0.39, 0.29) is 11.5 Å². The average molecular weight is 321 g/mol. The van der Waals surface area contributed by atoms with Crippen molar-refractivity contribution in [3.63, 3.8) is 0 Å². The Bertz CT molecular complexity index is 739. The van der Waals surface area contributed by atoms with Crippen molar-refractivity contribution in [2.75, 3.05) is 13.1 Å². The molecule has 0 aliphatic carbocycles. The maximum absolute atomic E-state index is 11.8. The highest BCUT2D eigenvalue weighted by Gasteiger charge is 2.26. The van der Waals surface area contributed by atoms with Crippen molar-refractivity contribution < 1.29 is 0 Å². The summed E-state index contributed by atoms with van der Waals surface area (Å²) in [6.07, 6.45) is 4.55. The largest absolute Gasteiger partial charge is 0.329 e. The van der Waals surface area contributed by atoms with Crippen LogP contribution in [0.3, 0.4) is 0 Å². The number of aromatic nitrogens is 1. The van der Waals surface area contributed by atoms with Gasteiger partial charge in [0.25, 0.3) is 5.56 Å². The normalized spacial score (nSPS) is 17.3. The SMILES string of the molecule is N#CC(Cc1ccccc1)C1CCN(Cc2ccc[nH]c2=O)CC1. The van der Waals surface area contributed by atoms with E-state index in [4.69, 9.17) is 0 Å². The predicted molar refractivity (Wildman–Crippen MR) is 94.3 cm³/mol. The lowest BCUT2D eigenvalue weighted by molar-refractivity contribution is 0.155. The number of likely N-dealkylation sites (tertiary alicyclic amines) is 1. The molecule has 1 fully saturated rings. The van der Waals surface area contributed by atoms with Crippen LogP contribution in [-0.2, 0) is 13.0 Å². The van der Waals surface area contributed by atoms with E-state index in [1.165, 1.54) is 5.56 Å². The van der Waals surface area contributed by atoms with Crippen molar-refractivity contribution in [2.45, 2.75) is 25.8 Å². The molecule has 124 valence electrons. The Kier molecular flexibility index (Phi) is 5.45. The van der Waals surface area contributed by atoms with Crippen molar-refractivity contribution in [1.29, 1.82) is 5.26 Å². The Morgan fingerprint density at radius 3 is 2.58 bits per heavy atom. The lowest BCUT2D eigenvalue weighted by atomic mass is 9.81. The minimum Gasteiger partial charge on any atom is -0.329 e. The first kappa shape index (κ1) is 16.5. The van der Waals surface area contributed by atoms with E-state index in [1.807, 2.05) is 30.3 Å². The molecule has 1 saturated heterocycles. The number of nitrogens with zero attached hydrogens (tertiary/aromatic N) is 2. The van der Waals surface area contributed by atoms with Crippen LogP contribution in [0.15, 0.2) is 53.5 Å². The fourth-order valence-electron chi connectivity index (χ4n) is 3.52. The minimum atomic E-state index is -0.00129. The van der Waals surface area contributed by atoms with Crippen molar-refractivity contribution >= 4 is 0 Å². The van der Waals surface area contributed by atoms with Gasteiger partial charge in [-0.25, -0.2) is 0 Å². The van der Waals surface area contributed by atoms with E-state index in [0.29, 0.717) is 12.5 Å².